The minimum Gasteiger partial charge on any atom is -0.348 e. The molecule has 0 amide bonds. The first-order chi connectivity index (χ1) is 6.95. The number of imidazole rings is 1. The highest BCUT2D eigenvalue weighted by Gasteiger charge is 2.11. The van der Waals surface area contributed by atoms with Crippen molar-refractivity contribution in [2.24, 2.45) is 0 Å². The van der Waals surface area contributed by atoms with Gasteiger partial charge in [0.15, 0.2) is 0 Å². The molecule has 1 aliphatic heterocycles. The van der Waals surface area contributed by atoms with E-state index in [0.717, 1.165) is 26.1 Å². The number of nitrogens with one attached hydrogen (secondary N) is 3. The van der Waals surface area contributed by atoms with Crippen molar-refractivity contribution in [1.29, 1.82) is 0 Å². The zero-order chi connectivity index (χ0) is 9.64. The number of hydrogen-bond acceptors (Lipinski definition) is 3. The summed E-state index contributed by atoms with van der Waals surface area (Å²) < 4.78 is 0. The molecule has 3 N–H and O–H groups in total. The van der Waals surface area contributed by atoms with Crippen LogP contribution in [0.5, 0.6) is 0 Å². The largest absolute Gasteiger partial charge is 0.348 e. The lowest BCUT2D eigenvalue weighted by atomic mass is 10.1. The molecular formula is C10H18N4. The molecule has 0 atom stereocenters. The van der Waals surface area contributed by atoms with Crippen molar-refractivity contribution in [2.45, 2.75) is 25.3 Å². The first-order valence-corrected chi connectivity index (χ1v) is 5.36. The van der Waals surface area contributed by atoms with Crippen LogP contribution in [0, 0.1) is 0 Å². The van der Waals surface area contributed by atoms with E-state index < -0.39 is 0 Å². The summed E-state index contributed by atoms with van der Waals surface area (Å²) in [6, 6.07) is 0.708. The Balaban J connectivity index is 1.62. The average Bonchev–Trinajstić information content (AvgIpc) is 2.72. The normalized spacial score (nSPS) is 18.6. The maximum Gasteiger partial charge on any atom is 0.0921 e. The summed E-state index contributed by atoms with van der Waals surface area (Å²) in [5.41, 5.74) is 1.21. The van der Waals surface area contributed by atoms with Crippen LogP contribution in [0.4, 0.5) is 0 Å². The number of H-pyrrole nitrogens is 1. The lowest BCUT2D eigenvalue weighted by Gasteiger charge is -2.23. The van der Waals surface area contributed by atoms with Gasteiger partial charge in [0.05, 0.1) is 6.33 Å². The molecule has 0 unspecified atom stereocenters. The van der Waals surface area contributed by atoms with Crippen LogP contribution in [0.2, 0.25) is 0 Å². The van der Waals surface area contributed by atoms with E-state index >= 15 is 0 Å². The monoisotopic (exact) mass is 194 g/mol. The van der Waals surface area contributed by atoms with Crippen molar-refractivity contribution in [2.75, 3.05) is 19.6 Å². The number of hydrogen-bond donors (Lipinski definition) is 3. The first-order valence-electron chi connectivity index (χ1n) is 5.36. The van der Waals surface area contributed by atoms with Gasteiger partial charge in [0.1, 0.15) is 0 Å². The second-order valence-electron chi connectivity index (χ2n) is 3.81. The van der Waals surface area contributed by atoms with E-state index in [4.69, 9.17) is 0 Å². The standard InChI is InChI=1S/C10H18N4/c1-4-11-5-2-9(1)13-6-3-10-7-12-8-14-10/h7-9,11,13H,1-6H2,(H,12,14). The van der Waals surface area contributed by atoms with Crippen LogP contribution in [0.25, 0.3) is 0 Å². The van der Waals surface area contributed by atoms with E-state index in [1.165, 1.54) is 18.5 Å². The number of aromatic amines is 1. The second kappa shape index (κ2) is 5.12. The van der Waals surface area contributed by atoms with Crippen molar-refractivity contribution in [3.05, 3.63) is 18.2 Å². The van der Waals surface area contributed by atoms with Crippen molar-refractivity contribution >= 4 is 0 Å². The Morgan fingerprint density at radius 2 is 2.29 bits per heavy atom. The van der Waals surface area contributed by atoms with Gasteiger partial charge in [-0.3, -0.25) is 0 Å². The topological polar surface area (TPSA) is 52.7 Å². The van der Waals surface area contributed by atoms with Gasteiger partial charge in [-0.15, -0.1) is 0 Å². The zero-order valence-corrected chi connectivity index (χ0v) is 8.42. The Kier molecular flexibility index (Phi) is 3.54. The second-order valence-corrected chi connectivity index (χ2v) is 3.81. The number of piperidine rings is 1. The summed E-state index contributed by atoms with van der Waals surface area (Å²) in [6.07, 6.45) is 7.18. The van der Waals surface area contributed by atoms with Gasteiger partial charge in [0, 0.05) is 30.9 Å². The van der Waals surface area contributed by atoms with Gasteiger partial charge >= 0.3 is 0 Å². The summed E-state index contributed by atoms with van der Waals surface area (Å²) in [7, 11) is 0. The highest BCUT2D eigenvalue weighted by molar-refractivity contribution is 4.94. The molecule has 0 radical (unpaired) electrons. The van der Waals surface area contributed by atoms with Crippen LogP contribution in [0.3, 0.4) is 0 Å². The van der Waals surface area contributed by atoms with E-state index in [1.54, 1.807) is 6.33 Å². The highest BCUT2D eigenvalue weighted by atomic mass is 15.0. The van der Waals surface area contributed by atoms with Gasteiger partial charge in [-0.1, -0.05) is 0 Å². The zero-order valence-electron chi connectivity index (χ0n) is 8.42. The molecule has 1 aliphatic rings. The molecule has 0 bridgehead atoms. The molecule has 0 spiro atoms. The SMILES string of the molecule is c1ncc(CCNC2CCNCC2)[nH]1. The molecule has 1 fully saturated rings. The van der Waals surface area contributed by atoms with Crippen LogP contribution >= 0.6 is 0 Å². The molecule has 0 aromatic carbocycles. The Morgan fingerprint density at radius 3 is 3.00 bits per heavy atom. The summed E-state index contributed by atoms with van der Waals surface area (Å²) in [5, 5.41) is 6.93. The van der Waals surface area contributed by atoms with Crippen LogP contribution < -0.4 is 10.6 Å². The van der Waals surface area contributed by atoms with Gasteiger partial charge in [-0.05, 0) is 25.9 Å². The lowest BCUT2D eigenvalue weighted by Crippen LogP contribution is -2.40. The molecule has 0 saturated carbocycles. The van der Waals surface area contributed by atoms with E-state index in [1.807, 2.05) is 6.20 Å². The Labute approximate surface area is 84.5 Å². The fourth-order valence-corrected chi connectivity index (χ4v) is 1.86. The van der Waals surface area contributed by atoms with Crippen LogP contribution in [-0.2, 0) is 6.42 Å². The molecule has 1 saturated heterocycles. The molecule has 2 rings (SSSR count). The molecule has 2 heterocycles. The maximum absolute atomic E-state index is 3.99. The number of nitrogens with zero attached hydrogens (tertiary/aromatic N) is 1. The molecule has 4 nitrogen and oxygen atoms in total. The number of aromatic nitrogens is 2. The minimum absolute atomic E-state index is 0.708. The average molecular weight is 194 g/mol. The Hall–Kier alpha value is -0.870. The predicted octanol–water partition coefficient (Wildman–Crippen LogP) is 0.294. The number of rotatable bonds is 4. The third-order valence-electron chi connectivity index (χ3n) is 2.72. The minimum atomic E-state index is 0.708. The summed E-state index contributed by atoms with van der Waals surface area (Å²) in [6.45, 7) is 3.36. The van der Waals surface area contributed by atoms with Crippen molar-refractivity contribution < 1.29 is 0 Å². The first kappa shape index (κ1) is 9.68. The van der Waals surface area contributed by atoms with Crippen molar-refractivity contribution in [3.63, 3.8) is 0 Å². The lowest BCUT2D eigenvalue weighted by molar-refractivity contribution is 0.389. The fraction of sp³-hybridized carbons (Fsp3) is 0.700. The van der Waals surface area contributed by atoms with Gasteiger partial charge in [0.25, 0.3) is 0 Å². The van der Waals surface area contributed by atoms with Crippen LogP contribution in [0.1, 0.15) is 18.5 Å². The van der Waals surface area contributed by atoms with E-state index in [-0.39, 0.29) is 0 Å². The summed E-state index contributed by atoms with van der Waals surface area (Å²) in [5.74, 6) is 0. The van der Waals surface area contributed by atoms with Gasteiger partial charge in [-0.25, -0.2) is 4.98 Å². The van der Waals surface area contributed by atoms with E-state index in [0.29, 0.717) is 6.04 Å². The van der Waals surface area contributed by atoms with Crippen molar-refractivity contribution in [1.82, 2.24) is 20.6 Å². The molecule has 4 heteroatoms. The van der Waals surface area contributed by atoms with Gasteiger partial charge in [0.2, 0.25) is 0 Å². The van der Waals surface area contributed by atoms with Gasteiger partial charge < -0.3 is 15.6 Å². The fourth-order valence-electron chi connectivity index (χ4n) is 1.86. The Bertz CT molecular complexity index is 239. The quantitative estimate of drug-likeness (QED) is 0.646. The highest BCUT2D eigenvalue weighted by Crippen LogP contribution is 2.01. The molecule has 14 heavy (non-hydrogen) atoms. The van der Waals surface area contributed by atoms with E-state index in [9.17, 15) is 0 Å². The van der Waals surface area contributed by atoms with Gasteiger partial charge in [-0.2, -0.15) is 0 Å². The van der Waals surface area contributed by atoms with Crippen LogP contribution in [-0.4, -0.2) is 35.6 Å². The maximum atomic E-state index is 3.99. The van der Waals surface area contributed by atoms with E-state index in [2.05, 4.69) is 20.6 Å². The molecule has 1 aromatic heterocycles. The molecule has 0 aliphatic carbocycles. The molecule has 1 aromatic rings. The third kappa shape index (κ3) is 2.82. The summed E-state index contributed by atoms with van der Waals surface area (Å²) >= 11 is 0. The molecule has 78 valence electrons. The van der Waals surface area contributed by atoms with Crippen molar-refractivity contribution in [3.8, 4) is 0 Å². The summed E-state index contributed by atoms with van der Waals surface area (Å²) in [4.78, 5) is 7.11. The smallest absolute Gasteiger partial charge is 0.0921 e. The predicted molar refractivity (Wildman–Crippen MR) is 56.2 cm³/mol. The third-order valence-corrected chi connectivity index (χ3v) is 2.72. The molecular weight excluding hydrogens is 176 g/mol. The Morgan fingerprint density at radius 1 is 1.43 bits per heavy atom. The van der Waals surface area contributed by atoms with Crippen LogP contribution in [0.15, 0.2) is 12.5 Å².